The lowest BCUT2D eigenvalue weighted by Crippen LogP contribution is -2.14. The number of thiazole rings is 1. The van der Waals surface area contributed by atoms with Crippen LogP contribution in [0.15, 0.2) is 46.3 Å². The molecule has 3 heterocycles. The van der Waals surface area contributed by atoms with E-state index >= 15 is 0 Å². The van der Waals surface area contributed by atoms with Crippen LogP contribution >= 0.6 is 11.3 Å². The van der Waals surface area contributed by atoms with Crippen LogP contribution in [0.25, 0.3) is 22.4 Å². The third-order valence-corrected chi connectivity index (χ3v) is 4.70. The minimum Gasteiger partial charge on any atom is -0.335 e. The molecule has 4 rings (SSSR count). The lowest BCUT2D eigenvalue weighted by Gasteiger charge is -2.07. The van der Waals surface area contributed by atoms with Crippen molar-refractivity contribution in [1.29, 1.82) is 0 Å². The van der Waals surface area contributed by atoms with Crippen LogP contribution in [0.4, 0.5) is 18.3 Å². The van der Waals surface area contributed by atoms with E-state index in [0.717, 1.165) is 10.9 Å². The molecule has 1 aromatic carbocycles. The van der Waals surface area contributed by atoms with E-state index in [1.807, 2.05) is 30.3 Å². The summed E-state index contributed by atoms with van der Waals surface area (Å²) in [4.78, 5) is 20.6. The minimum atomic E-state index is -4.57. The first-order valence-corrected chi connectivity index (χ1v) is 8.87. The summed E-state index contributed by atoms with van der Waals surface area (Å²) in [6.45, 7) is 1.65. The van der Waals surface area contributed by atoms with E-state index in [1.165, 1.54) is 0 Å². The van der Waals surface area contributed by atoms with Crippen molar-refractivity contribution in [3.05, 3.63) is 58.7 Å². The van der Waals surface area contributed by atoms with E-state index in [2.05, 4.69) is 20.4 Å². The molecule has 0 fully saturated rings. The predicted octanol–water partition coefficient (Wildman–Crippen LogP) is 4.93. The van der Waals surface area contributed by atoms with Crippen molar-refractivity contribution in [2.45, 2.75) is 13.1 Å². The van der Waals surface area contributed by atoms with Gasteiger partial charge in [-0.25, -0.2) is 9.97 Å². The number of carbonyl (C=O) groups excluding carboxylic acids is 1. The second-order valence-electron chi connectivity index (χ2n) is 5.86. The molecule has 4 aromatic rings. The lowest BCUT2D eigenvalue weighted by atomic mass is 10.1. The Balaban J connectivity index is 1.75. The summed E-state index contributed by atoms with van der Waals surface area (Å²) < 4.78 is 43.4. The van der Waals surface area contributed by atoms with Gasteiger partial charge in [0.2, 0.25) is 0 Å². The van der Waals surface area contributed by atoms with E-state index in [4.69, 9.17) is 4.52 Å². The van der Waals surface area contributed by atoms with Crippen LogP contribution in [0, 0.1) is 6.92 Å². The highest BCUT2D eigenvalue weighted by molar-refractivity contribution is 7.14. The molecule has 28 heavy (non-hydrogen) atoms. The van der Waals surface area contributed by atoms with Crippen molar-refractivity contribution in [3.63, 3.8) is 0 Å². The van der Waals surface area contributed by atoms with Crippen molar-refractivity contribution >= 4 is 33.5 Å². The average molecular weight is 404 g/mol. The number of nitrogens with zero attached hydrogens (tertiary/aromatic N) is 3. The number of aryl methyl sites for hydroxylation is 1. The molecule has 0 unspecified atom stereocenters. The number of nitrogens with one attached hydrogen (secondary N) is 1. The molecule has 0 aliphatic rings. The van der Waals surface area contributed by atoms with Crippen molar-refractivity contribution in [2.75, 3.05) is 5.32 Å². The highest BCUT2D eigenvalue weighted by atomic mass is 32.1. The number of carbonyl (C=O) groups is 1. The fourth-order valence-electron chi connectivity index (χ4n) is 2.66. The molecule has 0 aliphatic carbocycles. The maximum Gasteiger partial charge on any atom is 0.434 e. The number of anilines is 1. The number of hydrogen-bond acceptors (Lipinski definition) is 6. The van der Waals surface area contributed by atoms with Gasteiger partial charge in [-0.15, -0.1) is 11.3 Å². The summed E-state index contributed by atoms with van der Waals surface area (Å²) in [5.41, 5.74) is 0.970. The van der Waals surface area contributed by atoms with E-state index in [9.17, 15) is 18.0 Å². The van der Waals surface area contributed by atoms with Crippen LogP contribution in [-0.4, -0.2) is 21.0 Å². The molecule has 1 amide bonds. The minimum absolute atomic E-state index is 0.155. The molecule has 142 valence electrons. The zero-order valence-corrected chi connectivity index (χ0v) is 15.1. The number of pyridine rings is 1. The summed E-state index contributed by atoms with van der Waals surface area (Å²) in [6.07, 6.45) is -4.57. The van der Waals surface area contributed by atoms with Gasteiger partial charge in [-0.3, -0.25) is 10.1 Å². The van der Waals surface area contributed by atoms with Crippen molar-refractivity contribution in [3.8, 4) is 11.3 Å². The Labute approximate surface area is 160 Å². The number of amides is 1. The number of rotatable bonds is 3. The molecule has 0 bridgehead atoms. The summed E-state index contributed by atoms with van der Waals surface area (Å²) in [7, 11) is 0. The largest absolute Gasteiger partial charge is 0.434 e. The van der Waals surface area contributed by atoms with Gasteiger partial charge < -0.3 is 4.52 Å². The molecular formula is C18H11F3N4O2S. The number of benzene rings is 1. The Bertz CT molecular complexity index is 1170. The Morgan fingerprint density at radius 3 is 2.61 bits per heavy atom. The van der Waals surface area contributed by atoms with Gasteiger partial charge in [0.25, 0.3) is 11.6 Å². The van der Waals surface area contributed by atoms with Crippen molar-refractivity contribution in [2.24, 2.45) is 0 Å². The Morgan fingerprint density at radius 1 is 1.18 bits per heavy atom. The third kappa shape index (κ3) is 3.33. The number of aromatic nitrogens is 3. The van der Waals surface area contributed by atoms with Crippen molar-refractivity contribution < 1.29 is 22.5 Å². The molecule has 0 radical (unpaired) electrons. The highest BCUT2D eigenvalue weighted by Gasteiger charge is 2.34. The highest BCUT2D eigenvalue weighted by Crippen LogP contribution is 2.32. The normalized spacial score (nSPS) is 11.7. The number of hydrogen-bond donors (Lipinski definition) is 1. The van der Waals surface area contributed by atoms with Gasteiger partial charge in [0, 0.05) is 10.9 Å². The van der Waals surface area contributed by atoms with E-state index in [0.29, 0.717) is 28.1 Å². The lowest BCUT2D eigenvalue weighted by molar-refractivity contribution is -0.140. The second-order valence-corrected chi connectivity index (χ2v) is 6.72. The van der Waals surface area contributed by atoms with Gasteiger partial charge in [0.05, 0.1) is 22.3 Å². The Hall–Kier alpha value is -3.27. The van der Waals surface area contributed by atoms with Gasteiger partial charge >= 0.3 is 6.18 Å². The maximum absolute atomic E-state index is 12.8. The Kier molecular flexibility index (Phi) is 4.34. The number of alkyl halides is 3. The molecule has 10 heteroatoms. The monoisotopic (exact) mass is 404 g/mol. The van der Waals surface area contributed by atoms with E-state index in [-0.39, 0.29) is 16.4 Å². The number of fused-ring (bicyclic) bond motifs is 1. The molecule has 0 atom stereocenters. The van der Waals surface area contributed by atoms with Crippen LogP contribution in [0.2, 0.25) is 0 Å². The van der Waals surface area contributed by atoms with Crippen LogP contribution < -0.4 is 5.32 Å². The molecule has 0 saturated heterocycles. The van der Waals surface area contributed by atoms with Crippen LogP contribution in [0.5, 0.6) is 0 Å². The summed E-state index contributed by atoms with van der Waals surface area (Å²) in [5.74, 6) is -0.626. The van der Waals surface area contributed by atoms with Gasteiger partial charge in [-0.1, -0.05) is 35.5 Å². The third-order valence-electron chi connectivity index (χ3n) is 3.95. The molecular weight excluding hydrogens is 393 g/mol. The average Bonchev–Trinajstić information content (AvgIpc) is 3.29. The predicted molar refractivity (Wildman–Crippen MR) is 97.0 cm³/mol. The van der Waals surface area contributed by atoms with Crippen LogP contribution in [0.1, 0.15) is 21.7 Å². The summed E-state index contributed by atoms with van der Waals surface area (Å²) in [6, 6.07) is 10.7. The maximum atomic E-state index is 12.8. The van der Waals surface area contributed by atoms with Crippen molar-refractivity contribution in [1.82, 2.24) is 15.1 Å². The van der Waals surface area contributed by atoms with E-state index < -0.39 is 17.8 Å². The molecule has 0 saturated carbocycles. The molecule has 0 spiro atoms. The van der Waals surface area contributed by atoms with Gasteiger partial charge in [0.1, 0.15) is 0 Å². The molecule has 1 N–H and O–H groups in total. The zero-order chi connectivity index (χ0) is 19.9. The first kappa shape index (κ1) is 18.1. The van der Waals surface area contributed by atoms with Crippen LogP contribution in [0.3, 0.4) is 0 Å². The number of halogens is 3. The van der Waals surface area contributed by atoms with Gasteiger partial charge in [-0.2, -0.15) is 13.2 Å². The standard InChI is InChI=1S/C18H11F3N4O2S/c1-9-14-11(15(26)24-17-23-13(8-28-17)18(19,20)21)7-12(22-16(14)27-25-9)10-5-3-2-4-6-10/h2-8H,1H3,(H,23,24,26). The van der Waals surface area contributed by atoms with Gasteiger partial charge in [0.15, 0.2) is 10.8 Å². The zero-order valence-electron chi connectivity index (χ0n) is 14.2. The summed E-state index contributed by atoms with van der Waals surface area (Å²) >= 11 is 0.694. The SMILES string of the molecule is Cc1noc2nc(-c3ccccc3)cc(C(=O)Nc3nc(C(F)(F)F)cs3)c12. The second kappa shape index (κ2) is 6.71. The fourth-order valence-corrected chi connectivity index (χ4v) is 3.37. The first-order chi connectivity index (χ1) is 13.3. The molecule has 3 aromatic heterocycles. The fraction of sp³-hybridized carbons (Fsp3) is 0.111. The van der Waals surface area contributed by atoms with E-state index in [1.54, 1.807) is 13.0 Å². The smallest absolute Gasteiger partial charge is 0.335 e. The Morgan fingerprint density at radius 2 is 1.93 bits per heavy atom. The quantitative estimate of drug-likeness (QED) is 0.524. The molecule has 0 aliphatic heterocycles. The molecule has 6 nitrogen and oxygen atoms in total. The summed E-state index contributed by atoms with van der Waals surface area (Å²) in [5, 5.41) is 7.33. The topological polar surface area (TPSA) is 80.9 Å². The van der Waals surface area contributed by atoms with Crippen LogP contribution in [-0.2, 0) is 6.18 Å². The van der Waals surface area contributed by atoms with Gasteiger partial charge in [-0.05, 0) is 13.0 Å². The first-order valence-electron chi connectivity index (χ1n) is 7.99.